The molecule has 0 unspecified atom stereocenters. The number of hydrogen-bond acceptors (Lipinski definition) is 5. The Labute approximate surface area is 276 Å². The van der Waals surface area contributed by atoms with Crippen molar-refractivity contribution in [2.45, 2.75) is 0 Å². The van der Waals surface area contributed by atoms with Crippen molar-refractivity contribution in [1.29, 1.82) is 0 Å². The number of benzene rings is 7. The molecule has 0 amide bonds. The monoisotopic (exact) mass is 617 g/mol. The van der Waals surface area contributed by atoms with Crippen LogP contribution in [0.3, 0.4) is 0 Å². The molecule has 0 saturated carbocycles. The van der Waals surface area contributed by atoms with E-state index in [2.05, 4.69) is 48.5 Å². The first-order chi connectivity index (χ1) is 23.7. The molecule has 5 nitrogen and oxygen atoms in total. The molecular weight excluding hydrogens is 590 g/mol. The van der Waals surface area contributed by atoms with Gasteiger partial charge in [0.05, 0.1) is 0 Å². The van der Waals surface area contributed by atoms with Crippen molar-refractivity contribution in [2.24, 2.45) is 0 Å². The third-order valence-electron chi connectivity index (χ3n) is 8.83. The van der Waals surface area contributed by atoms with Crippen LogP contribution in [0.25, 0.3) is 89.1 Å². The molecule has 226 valence electrons. The van der Waals surface area contributed by atoms with Gasteiger partial charge in [-0.1, -0.05) is 121 Å². The van der Waals surface area contributed by atoms with E-state index in [9.17, 15) is 5.11 Å². The highest BCUT2D eigenvalue weighted by Crippen LogP contribution is 2.45. The number of phenols is 1. The van der Waals surface area contributed by atoms with Crippen LogP contribution >= 0.6 is 0 Å². The zero-order valence-electron chi connectivity index (χ0n) is 25.7. The van der Waals surface area contributed by atoms with E-state index in [-0.39, 0.29) is 5.75 Å². The molecule has 0 fully saturated rings. The fraction of sp³-hybridized carbons (Fsp3) is 0. The number of hydrogen-bond donors (Lipinski definition) is 1. The van der Waals surface area contributed by atoms with Gasteiger partial charge in [0.1, 0.15) is 16.9 Å². The number of nitrogens with zero attached hydrogens (tertiary/aromatic N) is 3. The second kappa shape index (κ2) is 11.3. The summed E-state index contributed by atoms with van der Waals surface area (Å²) in [6, 6.07) is 52.3. The van der Waals surface area contributed by atoms with Gasteiger partial charge in [0.2, 0.25) is 0 Å². The van der Waals surface area contributed by atoms with Gasteiger partial charge < -0.3 is 9.52 Å². The van der Waals surface area contributed by atoms with Gasteiger partial charge in [-0.15, -0.1) is 0 Å². The summed E-state index contributed by atoms with van der Waals surface area (Å²) in [4.78, 5) is 15.3. The maximum Gasteiger partial charge on any atom is 0.165 e. The molecule has 9 aromatic rings. The summed E-state index contributed by atoms with van der Waals surface area (Å²) in [5, 5.41) is 15.9. The van der Waals surface area contributed by atoms with Gasteiger partial charge in [-0.05, 0) is 63.9 Å². The summed E-state index contributed by atoms with van der Waals surface area (Å²) >= 11 is 0. The summed E-state index contributed by atoms with van der Waals surface area (Å²) in [5.74, 6) is 1.71. The molecular formula is C43H27N3O2. The smallest absolute Gasteiger partial charge is 0.165 e. The zero-order chi connectivity index (χ0) is 32.0. The Hall–Kier alpha value is -6.59. The lowest BCUT2D eigenvalue weighted by Gasteiger charge is -2.18. The molecule has 0 aliphatic carbocycles. The van der Waals surface area contributed by atoms with Gasteiger partial charge in [-0.3, -0.25) is 0 Å². The Morgan fingerprint density at radius 2 is 1.02 bits per heavy atom. The van der Waals surface area contributed by atoms with Gasteiger partial charge in [-0.25, -0.2) is 15.0 Å². The fourth-order valence-electron chi connectivity index (χ4n) is 6.52. The average molecular weight is 618 g/mol. The maximum atomic E-state index is 11.6. The average Bonchev–Trinajstić information content (AvgIpc) is 3.53. The number of furan rings is 1. The normalized spacial score (nSPS) is 11.4. The van der Waals surface area contributed by atoms with Crippen LogP contribution < -0.4 is 0 Å². The molecule has 0 radical (unpaired) electrons. The largest absolute Gasteiger partial charge is 0.507 e. The number of phenolic OH excluding ortho intramolecular Hbond substituents is 1. The van der Waals surface area contributed by atoms with E-state index in [0.717, 1.165) is 66.1 Å². The van der Waals surface area contributed by atoms with Crippen molar-refractivity contribution in [3.05, 3.63) is 158 Å². The van der Waals surface area contributed by atoms with E-state index < -0.39 is 0 Å². The third kappa shape index (κ3) is 4.77. The molecule has 1 N–H and O–H groups in total. The van der Waals surface area contributed by atoms with Gasteiger partial charge in [0.15, 0.2) is 17.5 Å². The van der Waals surface area contributed by atoms with Crippen LogP contribution in [0.15, 0.2) is 162 Å². The van der Waals surface area contributed by atoms with Crippen molar-refractivity contribution in [3.8, 4) is 62.2 Å². The van der Waals surface area contributed by atoms with E-state index in [1.54, 1.807) is 6.07 Å². The first-order valence-electron chi connectivity index (χ1n) is 15.8. The van der Waals surface area contributed by atoms with Gasteiger partial charge in [-0.2, -0.15) is 0 Å². The molecule has 0 bridgehead atoms. The molecule has 7 aromatic carbocycles. The molecule has 0 saturated heterocycles. The van der Waals surface area contributed by atoms with Crippen molar-refractivity contribution in [1.82, 2.24) is 15.0 Å². The Morgan fingerprint density at radius 1 is 0.396 bits per heavy atom. The van der Waals surface area contributed by atoms with Crippen LogP contribution in [0.2, 0.25) is 0 Å². The lowest BCUT2D eigenvalue weighted by atomic mass is 9.90. The molecule has 9 rings (SSSR count). The van der Waals surface area contributed by atoms with Crippen molar-refractivity contribution in [2.75, 3.05) is 0 Å². The minimum atomic E-state index is 0.142. The number of fused-ring (bicyclic) bond motifs is 4. The molecule has 48 heavy (non-hydrogen) atoms. The highest BCUT2D eigenvalue weighted by atomic mass is 16.3. The fourth-order valence-corrected chi connectivity index (χ4v) is 6.52. The second-order valence-corrected chi connectivity index (χ2v) is 11.8. The molecule has 0 aliphatic heterocycles. The molecule has 0 aliphatic rings. The van der Waals surface area contributed by atoms with E-state index >= 15 is 0 Å². The predicted molar refractivity (Wildman–Crippen MR) is 193 cm³/mol. The first kappa shape index (κ1) is 27.7. The molecule has 0 atom stereocenters. The number of aromatic hydroxyl groups is 1. The molecule has 0 spiro atoms. The Kier molecular flexibility index (Phi) is 6.54. The summed E-state index contributed by atoms with van der Waals surface area (Å²) in [7, 11) is 0. The van der Waals surface area contributed by atoms with E-state index in [1.165, 1.54) is 0 Å². The molecule has 5 heteroatoms. The van der Waals surface area contributed by atoms with Gasteiger partial charge >= 0.3 is 0 Å². The zero-order valence-corrected chi connectivity index (χ0v) is 25.7. The standard InChI is InChI=1S/C43H27N3O2/c47-36-23-22-33(31-21-24-38-35(26-31)34-17-9-10-18-37(34)48-38)40(39(36)28-12-3-1-4-13-28)43-45-41(29-14-5-2-6-15-29)44-42(46-43)32-20-19-27-11-7-8-16-30(27)25-32/h1-26,47H. The Morgan fingerprint density at radius 3 is 1.83 bits per heavy atom. The minimum Gasteiger partial charge on any atom is -0.507 e. The topological polar surface area (TPSA) is 72.0 Å². The van der Waals surface area contributed by atoms with Crippen LogP contribution in [0.5, 0.6) is 5.75 Å². The van der Waals surface area contributed by atoms with Crippen molar-refractivity contribution in [3.63, 3.8) is 0 Å². The lowest BCUT2D eigenvalue weighted by Crippen LogP contribution is -2.02. The van der Waals surface area contributed by atoms with Crippen LogP contribution in [-0.4, -0.2) is 20.1 Å². The van der Waals surface area contributed by atoms with Crippen LogP contribution in [0, 0.1) is 0 Å². The Balaban J connectivity index is 1.35. The number of aromatic nitrogens is 3. The van der Waals surface area contributed by atoms with E-state index in [4.69, 9.17) is 19.4 Å². The SMILES string of the molecule is Oc1ccc(-c2ccc3oc4ccccc4c3c2)c(-c2nc(-c3ccccc3)nc(-c3ccc4ccccc4c3)n2)c1-c1ccccc1. The summed E-state index contributed by atoms with van der Waals surface area (Å²) in [6.45, 7) is 0. The first-order valence-corrected chi connectivity index (χ1v) is 15.8. The summed E-state index contributed by atoms with van der Waals surface area (Å²) in [6.07, 6.45) is 0. The maximum absolute atomic E-state index is 11.6. The predicted octanol–water partition coefficient (Wildman–Crippen LogP) is 11.0. The Bertz CT molecular complexity index is 2630. The number of rotatable bonds is 5. The van der Waals surface area contributed by atoms with Crippen molar-refractivity contribution >= 4 is 32.7 Å². The lowest BCUT2D eigenvalue weighted by molar-refractivity contribution is 0.477. The molecule has 2 heterocycles. The highest BCUT2D eigenvalue weighted by Gasteiger charge is 2.23. The summed E-state index contributed by atoms with van der Waals surface area (Å²) in [5.41, 5.74) is 7.47. The van der Waals surface area contributed by atoms with E-state index in [0.29, 0.717) is 23.0 Å². The van der Waals surface area contributed by atoms with Crippen LogP contribution in [0.1, 0.15) is 0 Å². The van der Waals surface area contributed by atoms with Gasteiger partial charge in [0.25, 0.3) is 0 Å². The second-order valence-electron chi connectivity index (χ2n) is 11.8. The summed E-state index contributed by atoms with van der Waals surface area (Å²) < 4.78 is 6.16. The molecule has 2 aromatic heterocycles. The van der Waals surface area contributed by atoms with Gasteiger partial charge in [0, 0.05) is 33.0 Å². The number of para-hydroxylation sites is 1. The van der Waals surface area contributed by atoms with Crippen molar-refractivity contribution < 1.29 is 9.52 Å². The van der Waals surface area contributed by atoms with Crippen LogP contribution in [0.4, 0.5) is 0 Å². The quantitative estimate of drug-likeness (QED) is 0.208. The van der Waals surface area contributed by atoms with Crippen LogP contribution in [-0.2, 0) is 0 Å². The highest BCUT2D eigenvalue weighted by molar-refractivity contribution is 6.07. The third-order valence-corrected chi connectivity index (χ3v) is 8.83. The minimum absolute atomic E-state index is 0.142. The van der Waals surface area contributed by atoms with E-state index in [1.807, 2.05) is 103 Å².